The fourth-order valence-corrected chi connectivity index (χ4v) is 11.4. The van der Waals surface area contributed by atoms with E-state index in [0.717, 1.165) is 82.3 Å². The first-order valence-electron chi connectivity index (χ1n) is 17.9. The lowest BCUT2D eigenvalue weighted by atomic mass is 10.0. The van der Waals surface area contributed by atoms with Gasteiger partial charge in [-0.25, -0.2) is 9.97 Å². The Kier molecular flexibility index (Phi) is 6.49. The summed E-state index contributed by atoms with van der Waals surface area (Å²) in [6.07, 6.45) is 0. The maximum atomic E-state index is 15.3. The highest BCUT2D eigenvalue weighted by molar-refractivity contribution is 7.86. The van der Waals surface area contributed by atoms with Crippen molar-refractivity contribution in [1.29, 1.82) is 0 Å². The molecule has 0 spiro atoms. The van der Waals surface area contributed by atoms with Crippen LogP contribution in [0.5, 0.6) is 0 Å². The zero-order chi connectivity index (χ0) is 35.1. The van der Waals surface area contributed by atoms with Crippen LogP contribution < -0.4 is 15.9 Å². The van der Waals surface area contributed by atoms with Gasteiger partial charge in [-0.15, -0.1) is 0 Å². The van der Waals surface area contributed by atoms with Crippen LogP contribution in [0.4, 0.5) is 0 Å². The molecule has 1 atom stereocenters. The number of nitrogens with zero attached hydrogens (tertiary/aromatic N) is 3. The summed E-state index contributed by atoms with van der Waals surface area (Å²) in [5.74, 6) is 0.687. The molecule has 0 amide bonds. The van der Waals surface area contributed by atoms with Gasteiger partial charge in [0.2, 0.25) is 0 Å². The largest absolute Gasteiger partial charge is 0.309 e. The molecule has 11 rings (SSSR count). The van der Waals surface area contributed by atoms with Crippen molar-refractivity contribution in [1.82, 2.24) is 14.5 Å². The molecule has 4 nitrogen and oxygen atoms in total. The second-order valence-corrected chi connectivity index (χ2v) is 16.4. The first-order chi connectivity index (χ1) is 26.1. The first-order valence-corrected chi connectivity index (χ1v) is 19.6. The molecule has 53 heavy (non-hydrogen) atoms. The zero-order valence-electron chi connectivity index (χ0n) is 28.5. The summed E-state index contributed by atoms with van der Waals surface area (Å²) in [6, 6.07) is 62.9. The van der Waals surface area contributed by atoms with Crippen LogP contribution in [0.2, 0.25) is 0 Å². The van der Waals surface area contributed by atoms with Gasteiger partial charge in [0.25, 0.3) is 0 Å². The smallest absolute Gasteiger partial charge is 0.172 e. The van der Waals surface area contributed by atoms with Crippen LogP contribution in [0, 0.1) is 0 Å². The highest BCUT2D eigenvalue weighted by atomic mass is 31.2. The normalized spacial score (nSPS) is 14.9. The van der Waals surface area contributed by atoms with Crippen molar-refractivity contribution in [2.45, 2.75) is 0 Å². The topological polar surface area (TPSA) is 47.8 Å². The summed E-state index contributed by atoms with van der Waals surface area (Å²) < 4.78 is 17.6. The van der Waals surface area contributed by atoms with Crippen LogP contribution in [-0.2, 0) is 4.57 Å². The minimum Gasteiger partial charge on any atom is -0.309 e. The van der Waals surface area contributed by atoms with E-state index in [4.69, 9.17) is 9.97 Å². The van der Waals surface area contributed by atoms with Crippen LogP contribution >= 0.6 is 7.14 Å². The molecule has 1 unspecified atom stereocenters. The summed E-state index contributed by atoms with van der Waals surface area (Å²) in [4.78, 5) is 10.2. The monoisotopic (exact) mass is 695 g/mol. The molecule has 1 aliphatic rings. The summed E-state index contributed by atoms with van der Waals surface area (Å²) in [6.45, 7) is 0. The molecule has 3 heterocycles. The van der Waals surface area contributed by atoms with Crippen LogP contribution in [0.15, 0.2) is 182 Å². The summed E-state index contributed by atoms with van der Waals surface area (Å²) in [5.41, 5.74) is 9.13. The molecule has 1 aliphatic heterocycles. The maximum Gasteiger partial charge on any atom is 0.172 e. The minimum atomic E-state index is -3.07. The standard InChI is InChI=1S/C48H30N3OP/c52-53(36-14-2-1-3-15-36)45-21-11-8-17-38(45)41-29-44-40(30-46(41)53)37-16-7-10-20-43(37)51(44)35-26-24-32(25-27-35)48-49-42-19-9-6-18-39(42)47(50-48)34-23-22-31-12-4-5-13-33(31)28-34/h1-30H. The Morgan fingerprint density at radius 2 is 1.15 bits per heavy atom. The van der Waals surface area contributed by atoms with Gasteiger partial charge in [0.15, 0.2) is 13.0 Å². The lowest BCUT2D eigenvalue weighted by Gasteiger charge is -2.16. The Labute approximate surface area is 306 Å². The molecule has 5 heteroatoms. The van der Waals surface area contributed by atoms with Crippen molar-refractivity contribution in [3.05, 3.63) is 182 Å². The van der Waals surface area contributed by atoms with Crippen LogP contribution in [0.1, 0.15) is 0 Å². The second-order valence-electron chi connectivity index (χ2n) is 13.7. The fourth-order valence-electron chi connectivity index (χ4n) is 8.30. The van der Waals surface area contributed by atoms with Crippen LogP contribution in [0.25, 0.3) is 82.9 Å². The van der Waals surface area contributed by atoms with E-state index in [1.807, 2.05) is 60.7 Å². The molecular formula is C48H30N3OP. The highest BCUT2D eigenvalue weighted by Crippen LogP contribution is 2.53. The van der Waals surface area contributed by atoms with E-state index in [1.165, 1.54) is 10.8 Å². The quantitative estimate of drug-likeness (QED) is 0.172. The minimum absolute atomic E-state index is 0.687. The van der Waals surface area contributed by atoms with Gasteiger partial charge in [-0.1, -0.05) is 127 Å². The number of hydrogen-bond acceptors (Lipinski definition) is 3. The van der Waals surface area contributed by atoms with Gasteiger partial charge in [-0.3, -0.25) is 0 Å². The van der Waals surface area contributed by atoms with Gasteiger partial charge in [0, 0.05) is 48.9 Å². The van der Waals surface area contributed by atoms with Crippen LogP contribution in [-0.4, -0.2) is 14.5 Å². The van der Waals surface area contributed by atoms with Gasteiger partial charge < -0.3 is 9.13 Å². The van der Waals surface area contributed by atoms with Gasteiger partial charge >= 0.3 is 0 Å². The first kappa shape index (κ1) is 30.1. The van der Waals surface area contributed by atoms with E-state index in [2.05, 4.69) is 126 Å². The number of benzene rings is 8. The molecule has 0 fully saturated rings. The van der Waals surface area contributed by atoms with Gasteiger partial charge in [-0.2, -0.15) is 0 Å². The molecule has 0 radical (unpaired) electrons. The third-order valence-electron chi connectivity index (χ3n) is 10.8. The van der Waals surface area contributed by atoms with Crippen molar-refractivity contribution in [2.24, 2.45) is 0 Å². The number of rotatable bonds is 4. The molecule has 248 valence electrons. The Hall–Kier alpha value is -6.61. The molecule has 0 bridgehead atoms. The van der Waals surface area contributed by atoms with E-state index in [9.17, 15) is 0 Å². The van der Waals surface area contributed by atoms with Crippen LogP contribution in [0.3, 0.4) is 0 Å². The van der Waals surface area contributed by atoms with E-state index >= 15 is 4.57 Å². The summed E-state index contributed by atoms with van der Waals surface area (Å²) >= 11 is 0. The zero-order valence-corrected chi connectivity index (χ0v) is 29.4. The SMILES string of the molecule is O=P1(c2ccccc2)c2ccccc2-c2cc3c(cc21)c1ccccc1n3-c1ccc(-c2nc(-c3ccc4ccccc4c3)c3ccccc3n2)cc1. The predicted octanol–water partition coefficient (Wildman–Crippen LogP) is 10.8. The molecule has 0 aliphatic carbocycles. The lowest BCUT2D eigenvalue weighted by Crippen LogP contribution is -2.20. The van der Waals surface area contributed by atoms with E-state index in [1.54, 1.807) is 0 Å². The number of hydrogen-bond donors (Lipinski definition) is 0. The molecular weight excluding hydrogens is 666 g/mol. The Morgan fingerprint density at radius 1 is 0.453 bits per heavy atom. The van der Waals surface area contributed by atoms with Crippen molar-refractivity contribution in [2.75, 3.05) is 0 Å². The molecule has 0 N–H and O–H groups in total. The van der Waals surface area contributed by atoms with Gasteiger partial charge in [-0.05, 0) is 76.5 Å². The van der Waals surface area contributed by atoms with E-state index in [0.29, 0.717) is 5.82 Å². The van der Waals surface area contributed by atoms with Gasteiger partial charge in [0.05, 0.1) is 22.2 Å². The molecule has 2 aromatic heterocycles. The average molecular weight is 696 g/mol. The molecule has 0 saturated heterocycles. The van der Waals surface area contributed by atoms with Crippen molar-refractivity contribution < 1.29 is 4.57 Å². The van der Waals surface area contributed by atoms with Crippen molar-refractivity contribution >= 4 is 66.5 Å². The van der Waals surface area contributed by atoms with Crippen molar-refractivity contribution in [3.63, 3.8) is 0 Å². The summed E-state index contributed by atoms with van der Waals surface area (Å²) in [7, 11) is -3.07. The highest BCUT2D eigenvalue weighted by Gasteiger charge is 2.40. The third-order valence-corrected chi connectivity index (χ3v) is 13.9. The predicted molar refractivity (Wildman–Crippen MR) is 221 cm³/mol. The Bertz CT molecular complexity index is 3150. The second kappa shape index (κ2) is 11.4. The number of para-hydroxylation sites is 2. The Balaban J connectivity index is 1.08. The average Bonchev–Trinajstić information content (AvgIpc) is 3.69. The fraction of sp³-hybridized carbons (Fsp3) is 0. The summed E-state index contributed by atoms with van der Waals surface area (Å²) in [5, 5.41) is 8.31. The third kappa shape index (κ3) is 4.46. The molecule has 0 saturated carbocycles. The molecule has 8 aromatic carbocycles. The number of aromatic nitrogens is 3. The van der Waals surface area contributed by atoms with E-state index in [-0.39, 0.29) is 0 Å². The Morgan fingerprint density at radius 3 is 2.02 bits per heavy atom. The van der Waals surface area contributed by atoms with Gasteiger partial charge in [0.1, 0.15) is 0 Å². The molecule has 10 aromatic rings. The maximum absolute atomic E-state index is 15.3. The number of fused-ring (bicyclic) bond motifs is 8. The lowest BCUT2D eigenvalue weighted by molar-refractivity contribution is 0.593. The van der Waals surface area contributed by atoms with E-state index < -0.39 is 7.14 Å². The van der Waals surface area contributed by atoms with Crippen molar-refractivity contribution in [3.8, 4) is 39.5 Å².